The topological polar surface area (TPSA) is 74.5 Å². The molecule has 5 rings (SSSR count). The summed E-state index contributed by atoms with van der Waals surface area (Å²) < 4.78 is 5.55. The van der Waals surface area contributed by atoms with Crippen molar-refractivity contribution in [2.45, 2.75) is 77.9 Å². The molecule has 1 aromatic heterocycles. The zero-order valence-corrected chi connectivity index (χ0v) is 23.8. The van der Waals surface area contributed by atoms with Crippen LogP contribution in [0.3, 0.4) is 0 Å². The van der Waals surface area contributed by atoms with Crippen LogP contribution in [0, 0.1) is 5.92 Å². The highest BCUT2D eigenvalue weighted by molar-refractivity contribution is 5.78. The maximum atomic E-state index is 12.8. The van der Waals surface area contributed by atoms with E-state index >= 15 is 0 Å². The molecule has 2 fully saturated rings. The first-order chi connectivity index (χ1) is 18.8. The third-order valence-corrected chi connectivity index (χ3v) is 8.14. The minimum absolute atomic E-state index is 0.0548. The van der Waals surface area contributed by atoms with E-state index in [1.807, 2.05) is 0 Å². The van der Waals surface area contributed by atoms with Gasteiger partial charge in [0.25, 0.3) is 0 Å². The number of amides is 1. The number of benzene rings is 2. The van der Waals surface area contributed by atoms with Crippen molar-refractivity contribution in [2.75, 3.05) is 26.2 Å². The van der Waals surface area contributed by atoms with Crippen molar-refractivity contribution in [3.63, 3.8) is 0 Å². The number of piperidine rings is 2. The summed E-state index contributed by atoms with van der Waals surface area (Å²) in [4.78, 5) is 22.3. The zero-order valence-electron chi connectivity index (χ0n) is 23.8. The van der Waals surface area contributed by atoms with Gasteiger partial charge in [-0.1, -0.05) is 80.9 Å². The SMILES string of the molecule is CC(C)(C)c1ccc(-c2noc(CN3CCC(C(=O)NCc4ccc(CN5CCCCC5)cc4)CC3)n2)cc1. The van der Waals surface area contributed by atoms with Crippen LogP contribution in [0.2, 0.25) is 0 Å². The van der Waals surface area contributed by atoms with Gasteiger partial charge in [-0.25, -0.2) is 0 Å². The highest BCUT2D eigenvalue weighted by Crippen LogP contribution is 2.25. The molecule has 2 aromatic carbocycles. The van der Waals surface area contributed by atoms with E-state index in [0.717, 1.165) is 43.6 Å². The van der Waals surface area contributed by atoms with Crippen molar-refractivity contribution < 1.29 is 9.32 Å². The number of nitrogens with one attached hydrogen (secondary N) is 1. The Morgan fingerprint density at radius 3 is 2.18 bits per heavy atom. The molecule has 0 unspecified atom stereocenters. The molecular weight excluding hydrogens is 486 g/mol. The van der Waals surface area contributed by atoms with E-state index in [1.54, 1.807) is 0 Å². The van der Waals surface area contributed by atoms with Crippen LogP contribution >= 0.6 is 0 Å². The number of likely N-dealkylation sites (tertiary alicyclic amines) is 2. The summed E-state index contributed by atoms with van der Waals surface area (Å²) >= 11 is 0. The quantitative estimate of drug-likeness (QED) is 0.413. The molecule has 0 saturated carbocycles. The molecule has 0 bridgehead atoms. The summed E-state index contributed by atoms with van der Waals surface area (Å²) in [7, 11) is 0. The normalized spacial score (nSPS) is 17.8. The number of carbonyl (C=O) groups excluding carboxylic acids is 1. The van der Waals surface area contributed by atoms with Gasteiger partial charge in [-0.2, -0.15) is 4.98 Å². The maximum Gasteiger partial charge on any atom is 0.241 e. The maximum absolute atomic E-state index is 12.8. The monoisotopic (exact) mass is 529 g/mol. The summed E-state index contributed by atoms with van der Waals surface area (Å²) in [5, 5.41) is 7.36. The van der Waals surface area contributed by atoms with Crippen LogP contribution < -0.4 is 5.32 Å². The molecule has 39 heavy (non-hydrogen) atoms. The lowest BCUT2D eigenvalue weighted by atomic mass is 9.87. The summed E-state index contributed by atoms with van der Waals surface area (Å²) in [6.07, 6.45) is 5.68. The second-order valence-corrected chi connectivity index (χ2v) is 12.3. The van der Waals surface area contributed by atoms with Gasteiger partial charge in [0.2, 0.25) is 17.6 Å². The van der Waals surface area contributed by atoms with Crippen molar-refractivity contribution in [3.05, 3.63) is 71.1 Å². The van der Waals surface area contributed by atoms with E-state index in [9.17, 15) is 4.79 Å². The summed E-state index contributed by atoms with van der Waals surface area (Å²) in [5.41, 5.74) is 4.87. The van der Waals surface area contributed by atoms with E-state index in [0.29, 0.717) is 24.8 Å². The Kier molecular flexibility index (Phi) is 8.78. The minimum atomic E-state index is 0.0548. The molecule has 1 amide bonds. The Labute approximate surface area is 233 Å². The minimum Gasteiger partial charge on any atom is -0.352 e. The number of hydrogen-bond donors (Lipinski definition) is 1. The highest BCUT2D eigenvalue weighted by Gasteiger charge is 2.26. The molecule has 2 aliphatic rings. The lowest BCUT2D eigenvalue weighted by molar-refractivity contribution is -0.126. The van der Waals surface area contributed by atoms with Gasteiger partial charge < -0.3 is 9.84 Å². The van der Waals surface area contributed by atoms with E-state index in [4.69, 9.17) is 4.52 Å². The third-order valence-electron chi connectivity index (χ3n) is 8.14. The number of carbonyl (C=O) groups is 1. The Morgan fingerprint density at radius 1 is 0.872 bits per heavy atom. The van der Waals surface area contributed by atoms with Gasteiger partial charge in [-0.15, -0.1) is 0 Å². The van der Waals surface area contributed by atoms with E-state index < -0.39 is 0 Å². The van der Waals surface area contributed by atoms with E-state index in [1.165, 1.54) is 43.5 Å². The Balaban J connectivity index is 1.04. The van der Waals surface area contributed by atoms with Gasteiger partial charge in [0, 0.05) is 24.6 Å². The fourth-order valence-corrected chi connectivity index (χ4v) is 5.57. The van der Waals surface area contributed by atoms with Gasteiger partial charge in [0.15, 0.2) is 0 Å². The van der Waals surface area contributed by atoms with E-state index in [-0.39, 0.29) is 17.2 Å². The lowest BCUT2D eigenvalue weighted by Crippen LogP contribution is -2.40. The predicted molar refractivity (Wildman–Crippen MR) is 154 cm³/mol. The number of aromatic nitrogens is 2. The van der Waals surface area contributed by atoms with Gasteiger partial charge in [-0.05, 0) is 74.0 Å². The van der Waals surface area contributed by atoms with Crippen LogP contribution in [0.5, 0.6) is 0 Å². The zero-order chi connectivity index (χ0) is 27.2. The third kappa shape index (κ3) is 7.55. The predicted octanol–water partition coefficient (Wildman–Crippen LogP) is 5.55. The van der Waals surface area contributed by atoms with Crippen LogP contribution in [0.15, 0.2) is 53.1 Å². The van der Waals surface area contributed by atoms with Crippen molar-refractivity contribution in [1.29, 1.82) is 0 Å². The second-order valence-electron chi connectivity index (χ2n) is 12.3. The molecule has 2 saturated heterocycles. The summed E-state index contributed by atoms with van der Waals surface area (Å²) in [6, 6.07) is 17.1. The van der Waals surface area contributed by atoms with Crippen molar-refractivity contribution >= 4 is 5.91 Å². The molecule has 7 heteroatoms. The first kappa shape index (κ1) is 27.5. The van der Waals surface area contributed by atoms with Crippen LogP contribution in [-0.4, -0.2) is 52.0 Å². The molecule has 3 heterocycles. The Morgan fingerprint density at radius 2 is 1.51 bits per heavy atom. The molecule has 208 valence electrons. The number of nitrogens with zero attached hydrogens (tertiary/aromatic N) is 4. The molecule has 7 nitrogen and oxygen atoms in total. The number of hydrogen-bond acceptors (Lipinski definition) is 6. The van der Waals surface area contributed by atoms with E-state index in [2.05, 4.69) is 94.6 Å². The second kappa shape index (κ2) is 12.4. The van der Waals surface area contributed by atoms with Crippen molar-refractivity contribution in [3.8, 4) is 11.4 Å². The standard InChI is InChI=1S/C32H43N5O2/c1-32(2,3)28-13-11-26(12-14-28)30-34-29(39-35-30)23-37-19-15-27(16-20-37)31(38)33-21-24-7-9-25(10-8-24)22-36-17-5-4-6-18-36/h7-14,27H,4-6,15-23H2,1-3H3,(H,33,38). The van der Waals surface area contributed by atoms with Gasteiger partial charge in [0.05, 0.1) is 6.54 Å². The Bertz CT molecular complexity index is 1200. The molecule has 2 aliphatic heterocycles. The van der Waals surface area contributed by atoms with Gasteiger partial charge in [-0.3, -0.25) is 14.6 Å². The van der Waals surface area contributed by atoms with Crippen LogP contribution in [0.1, 0.15) is 75.5 Å². The molecule has 0 atom stereocenters. The molecule has 1 N–H and O–H groups in total. The van der Waals surface area contributed by atoms with Crippen LogP contribution in [-0.2, 0) is 29.8 Å². The molecule has 3 aromatic rings. The fourth-order valence-electron chi connectivity index (χ4n) is 5.57. The van der Waals surface area contributed by atoms with Gasteiger partial charge in [0.1, 0.15) is 0 Å². The summed E-state index contributed by atoms with van der Waals surface area (Å²) in [6.45, 7) is 13.0. The van der Waals surface area contributed by atoms with Crippen molar-refractivity contribution in [1.82, 2.24) is 25.3 Å². The fraction of sp³-hybridized carbons (Fsp3) is 0.531. The van der Waals surface area contributed by atoms with Crippen molar-refractivity contribution in [2.24, 2.45) is 5.92 Å². The average molecular weight is 530 g/mol. The highest BCUT2D eigenvalue weighted by atomic mass is 16.5. The average Bonchev–Trinajstić information content (AvgIpc) is 3.41. The van der Waals surface area contributed by atoms with Crippen LogP contribution in [0.4, 0.5) is 0 Å². The number of rotatable bonds is 8. The largest absolute Gasteiger partial charge is 0.352 e. The molecule has 0 radical (unpaired) electrons. The molecule has 0 aliphatic carbocycles. The van der Waals surface area contributed by atoms with Crippen LogP contribution in [0.25, 0.3) is 11.4 Å². The lowest BCUT2D eigenvalue weighted by Gasteiger charge is -2.30. The molecule has 0 spiro atoms. The summed E-state index contributed by atoms with van der Waals surface area (Å²) in [5.74, 6) is 1.46. The molecular formula is C32H43N5O2. The van der Waals surface area contributed by atoms with Gasteiger partial charge >= 0.3 is 0 Å². The first-order valence-electron chi connectivity index (χ1n) is 14.6. The Hall–Kier alpha value is -3.03. The smallest absolute Gasteiger partial charge is 0.241 e. The first-order valence-corrected chi connectivity index (χ1v) is 14.6.